The first-order valence-electron chi connectivity index (χ1n) is 5.23. The summed E-state index contributed by atoms with van der Waals surface area (Å²) in [5.74, 6) is 0.811. The van der Waals surface area contributed by atoms with Gasteiger partial charge in [0, 0.05) is 0 Å². The number of aliphatic hydroxyl groups is 1. The van der Waals surface area contributed by atoms with Crippen LogP contribution in [0.4, 0.5) is 0 Å². The van der Waals surface area contributed by atoms with Crippen LogP contribution in [0.15, 0.2) is 24.3 Å². The summed E-state index contributed by atoms with van der Waals surface area (Å²) >= 11 is 0. The van der Waals surface area contributed by atoms with Crippen molar-refractivity contribution >= 4 is 0 Å². The topological polar surface area (TPSA) is 32.3 Å². The molecule has 0 spiro atoms. The van der Waals surface area contributed by atoms with E-state index in [1.54, 1.807) is 0 Å². The summed E-state index contributed by atoms with van der Waals surface area (Å²) in [6.45, 7) is 0.152. The van der Waals surface area contributed by atoms with Gasteiger partial charge in [0.1, 0.15) is 0 Å². The van der Waals surface area contributed by atoms with Crippen LogP contribution in [0.5, 0.6) is 0 Å². The molecule has 1 aromatic carbocycles. The molecular formula is C12H17NO. The third kappa shape index (κ3) is 1.97. The van der Waals surface area contributed by atoms with Crippen LogP contribution < -0.4 is 5.32 Å². The molecule has 2 nitrogen and oxygen atoms in total. The van der Waals surface area contributed by atoms with Crippen LogP contribution in [0.1, 0.15) is 35.9 Å². The number of rotatable bonds is 4. The zero-order valence-corrected chi connectivity index (χ0v) is 8.53. The molecule has 0 aromatic heterocycles. The molecule has 0 radical (unpaired) electrons. The van der Waals surface area contributed by atoms with Gasteiger partial charge >= 0.3 is 0 Å². The van der Waals surface area contributed by atoms with Crippen LogP contribution in [0, 0.1) is 0 Å². The minimum Gasteiger partial charge on any atom is -0.394 e. The van der Waals surface area contributed by atoms with Crippen LogP contribution in [0.25, 0.3) is 0 Å². The van der Waals surface area contributed by atoms with E-state index in [9.17, 15) is 0 Å². The summed E-state index contributed by atoms with van der Waals surface area (Å²) in [5, 5.41) is 12.2. The van der Waals surface area contributed by atoms with Gasteiger partial charge in [-0.2, -0.15) is 0 Å². The number of hydrogen-bond donors (Lipinski definition) is 2. The molecule has 0 bridgehead atoms. The predicted octanol–water partition coefficient (Wildman–Crippen LogP) is 1.82. The minimum absolute atomic E-state index is 0.0725. The van der Waals surface area contributed by atoms with Crippen LogP contribution in [0.2, 0.25) is 0 Å². The van der Waals surface area contributed by atoms with Gasteiger partial charge in [-0.1, -0.05) is 24.3 Å². The maximum absolute atomic E-state index is 9.11. The molecule has 1 saturated carbocycles. The Morgan fingerprint density at radius 2 is 2.00 bits per heavy atom. The van der Waals surface area contributed by atoms with E-state index >= 15 is 0 Å². The fourth-order valence-corrected chi connectivity index (χ4v) is 1.78. The zero-order chi connectivity index (χ0) is 9.97. The summed E-state index contributed by atoms with van der Waals surface area (Å²) in [7, 11) is 1.87. The van der Waals surface area contributed by atoms with Gasteiger partial charge in [0.05, 0.1) is 12.6 Å². The molecule has 1 aromatic rings. The van der Waals surface area contributed by atoms with Crippen molar-refractivity contribution in [3.05, 3.63) is 35.4 Å². The summed E-state index contributed by atoms with van der Waals surface area (Å²) in [4.78, 5) is 0. The molecule has 76 valence electrons. The normalized spacial score (nSPS) is 18.1. The van der Waals surface area contributed by atoms with Gasteiger partial charge in [0.2, 0.25) is 0 Å². The number of hydrogen-bond acceptors (Lipinski definition) is 2. The average molecular weight is 191 g/mol. The van der Waals surface area contributed by atoms with Gasteiger partial charge in [-0.05, 0) is 36.9 Å². The average Bonchev–Trinajstić information content (AvgIpc) is 3.04. The maximum Gasteiger partial charge on any atom is 0.0626 e. The molecule has 1 unspecified atom stereocenters. The third-order valence-corrected chi connectivity index (χ3v) is 2.92. The van der Waals surface area contributed by atoms with E-state index in [0.29, 0.717) is 0 Å². The lowest BCUT2D eigenvalue weighted by molar-refractivity contribution is 0.251. The van der Waals surface area contributed by atoms with Gasteiger partial charge in [-0.3, -0.25) is 0 Å². The Morgan fingerprint density at radius 3 is 2.43 bits per heavy atom. The van der Waals surface area contributed by atoms with Crippen molar-refractivity contribution in [1.29, 1.82) is 0 Å². The number of aliphatic hydroxyl groups excluding tert-OH is 1. The third-order valence-electron chi connectivity index (χ3n) is 2.92. The Bertz CT molecular complexity index is 286. The lowest BCUT2D eigenvalue weighted by Gasteiger charge is -2.13. The lowest BCUT2D eigenvalue weighted by atomic mass is 10.0. The predicted molar refractivity (Wildman–Crippen MR) is 57.3 cm³/mol. The summed E-state index contributed by atoms with van der Waals surface area (Å²) in [5.41, 5.74) is 2.61. The number of benzene rings is 1. The monoisotopic (exact) mass is 191 g/mol. The Balaban J connectivity index is 2.11. The molecule has 1 atom stereocenters. The molecule has 1 aliphatic carbocycles. The van der Waals surface area contributed by atoms with E-state index < -0.39 is 0 Å². The van der Waals surface area contributed by atoms with Crippen LogP contribution in [-0.4, -0.2) is 18.8 Å². The van der Waals surface area contributed by atoms with Crippen molar-refractivity contribution in [3.8, 4) is 0 Å². The molecule has 2 N–H and O–H groups in total. The van der Waals surface area contributed by atoms with Crippen molar-refractivity contribution in [2.75, 3.05) is 13.7 Å². The molecule has 14 heavy (non-hydrogen) atoms. The highest BCUT2D eigenvalue weighted by Gasteiger charge is 2.23. The quantitative estimate of drug-likeness (QED) is 0.761. The molecule has 0 saturated heterocycles. The largest absolute Gasteiger partial charge is 0.394 e. The van der Waals surface area contributed by atoms with Crippen LogP contribution >= 0.6 is 0 Å². The molecule has 0 heterocycles. The fraction of sp³-hybridized carbons (Fsp3) is 0.500. The lowest BCUT2D eigenvalue weighted by Crippen LogP contribution is -2.19. The smallest absolute Gasteiger partial charge is 0.0626 e. The van der Waals surface area contributed by atoms with Crippen molar-refractivity contribution < 1.29 is 5.11 Å². The summed E-state index contributed by atoms with van der Waals surface area (Å²) in [6.07, 6.45) is 2.68. The van der Waals surface area contributed by atoms with Crippen LogP contribution in [0.3, 0.4) is 0 Å². The molecule has 0 aliphatic heterocycles. The Kier molecular flexibility index (Phi) is 2.85. The van der Waals surface area contributed by atoms with Gasteiger partial charge < -0.3 is 10.4 Å². The molecule has 2 rings (SSSR count). The van der Waals surface area contributed by atoms with E-state index in [2.05, 4.69) is 29.6 Å². The molecule has 2 heteroatoms. The van der Waals surface area contributed by atoms with Gasteiger partial charge in [0.15, 0.2) is 0 Å². The van der Waals surface area contributed by atoms with Crippen molar-refractivity contribution in [2.24, 2.45) is 0 Å². The van der Waals surface area contributed by atoms with E-state index in [4.69, 9.17) is 5.11 Å². The van der Waals surface area contributed by atoms with Gasteiger partial charge in [0.25, 0.3) is 0 Å². The van der Waals surface area contributed by atoms with Gasteiger partial charge in [-0.25, -0.2) is 0 Å². The summed E-state index contributed by atoms with van der Waals surface area (Å²) < 4.78 is 0. The minimum atomic E-state index is 0.0725. The highest BCUT2D eigenvalue weighted by Crippen LogP contribution is 2.40. The van der Waals surface area contributed by atoms with Gasteiger partial charge in [-0.15, -0.1) is 0 Å². The first-order chi connectivity index (χ1) is 6.85. The van der Waals surface area contributed by atoms with E-state index in [-0.39, 0.29) is 12.6 Å². The van der Waals surface area contributed by atoms with E-state index in [0.717, 1.165) is 5.92 Å². The highest BCUT2D eigenvalue weighted by atomic mass is 16.3. The molecule has 0 amide bonds. The van der Waals surface area contributed by atoms with Crippen molar-refractivity contribution in [3.63, 3.8) is 0 Å². The number of nitrogens with one attached hydrogen (secondary N) is 1. The maximum atomic E-state index is 9.11. The Morgan fingerprint density at radius 1 is 1.36 bits per heavy atom. The fourth-order valence-electron chi connectivity index (χ4n) is 1.78. The SMILES string of the molecule is CNC(CO)c1ccc(C2CC2)cc1. The molecular weight excluding hydrogens is 174 g/mol. The summed E-state index contributed by atoms with van der Waals surface area (Å²) in [6, 6.07) is 8.68. The second-order valence-corrected chi connectivity index (χ2v) is 3.96. The van der Waals surface area contributed by atoms with Crippen molar-refractivity contribution in [1.82, 2.24) is 5.32 Å². The van der Waals surface area contributed by atoms with Crippen LogP contribution in [-0.2, 0) is 0 Å². The van der Waals surface area contributed by atoms with Crippen molar-refractivity contribution in [2.45, 2.75) is 24.8 Å². The first-order valence-corrected chi connectivity index (χ1v) is 5.23. The molecule has 1 fully saturated rings. The molecule has 1 aliphatic rings. The Hall–Kier alpha value is -0.860. The Labute approximate surface area is 85.0 Å². The first kappa shape index (κ1) is 9.69. The highest BCUT2D eigenvalue weighted by molar-refractivity contribution is 5.29. The van der Waals surface area contributed by atoms with E-state index in [1.165, 1.54) is 24.0 Å². The second-order valence-electron chi connectivity index (χ2n) is 3.96. The zero-order valence-electron chi connectivity index (χ0n) is 8.53. The number of likely N-dealkylation sites (N-methyl/N-ethyl adjacent to an activating group) is 1. The van der Waals surface area contributed by atoms with E-state index in [1.807, 2.05) is 7.05 Å². The standard InChI is InChI=1S/C12H17NO/c1-13-12(8-14)11-6-4-10(5-7-11)9-2-3-9/h4-7,9,12-14H,2-3,8H2,1H3. The second kappa shape index (κ2) is 4.11.